The summed E-state index contributed by atoms with van der Waals surface area (Å²) < 4.78 is 25.9. The number of amides is 1. The van der Waals surface area contributed by atoms with Crippen molar-refractivity contribution in [1.82, 2.24) is 0 Å². The van der Waals surface area contributed by atoms with E-state index in [0.717, 1.165) is 0 Å². The summed E-state index contributed by atoms with van der Waals surface area (Å²) in [5, 5.41) is 3.10. The van der Waals surface area contributed by atoms with Crippen LogP contribution >= 0.6 is 11.6 Å². The molecule has 28 heavy (non-hydrogen) atoms. The van der Waals surface area contributed by atoms with Crippen molar-refractivity contribution in [2.45, 2.75) is 39.1 Å². The minimum atomic E-state index is -0.788. The molecule has 1 amide bonds. The Kier molecular flexibility index (Phi) is 6.42. The maximum Gasteiger partial charge on any atom is 0.265 e. The number of ether oxygens (including phenoxy) is 2. The number of nitrogens with zero attached hydrogens (tertiary/aromatic N) is 1. The van der Waals surface area contributed by atoms with Crippen molar-refractivity contribution in [2.24, 2.45) is 0 Å². The van der Waals surface area contributed by atoms with E-state index in [0.29, 0.717) is 35.2 Å². The second-order valence-electron chi connectivity index (χ2n) is 7.01. The van der Waals surface area contributed by atoms with Crippen LogP contribution in [0.25, 0.3) is 0 Å². The van der Waals surface area contributed by atoms with E-state index < -0.39 is 11.9 Å². The van der Waals surface area contributed by atoms with Crippen molar-refractivity contribution < 1.29 is 18.7 Å². The molecule has 5 nitrogen and oxygen atoms in total. The SMILES string of the molecule is CC1CN(c2ccc(NC(=O)C(C)Oc3ccccc3Cl)cc2F)CC(C)O1. The number of para-hydroxylation sites is 1. The van der Waals surface area contributed by atoms with Gasteiger partial charge in [-0.15, -0.1) is 0 Å². The minimum absolute atomic E-state index is 0.0327. The molecule has 2 aromatic carbocycles. The van der Waals surface area contributed by atoms with Gasteiger partial charge in [-0.3, -0.25) is 4.79 Å². The summed E-state index contributed by atoms with van der Waals surface area (Å²) in [7, 11) is 0. The molecule has 2 aromatic rings. The Morgan fingerprint density at radius 3 is 2.57 bits per heavy atom. The van der Waals surface area contributed by atoms with Crippen LogP contribution in [0.5, 0.6) is 5.75 Å². The van der Waals surface area contributed by atoms with Crippen molar-refractivity contribution in [1.29, 1.82) is 0 Å². The molecule has 3 unspecified atom stereocenters. The van der Waals surface area contributed by atoms with Gasteiger partial charge >= 0.3 is 0 Å². The number of benzene rings is 2. The molecule has 1 heterocycles. The van der Waals surface area contributed by atoms with Crippen LogP contribution in [-0.2, 0) is 9.53 Å². The first-order valence-electron chi connectivity index (χ1n) is 9.25. The monoisotopic (exact) mass is 406 g/mol. The smallest absolute Gasteiger partial charge is 0.265 e. The number of morpholine rings is 1. The van der Waals surface area contributed by atoms with Crippen LogP contribution < -0.4 is 15.0 Å². The molecule has 0 saturated carbocycles. The van der Waals surface area contributed by atoms with E-state index in [1.807, 2.05) is 18.7 Å². The van der Waals surface area contributed by atoms with Crippen molar-refractivity contribution in [3.05, 3.63) is 53.3 Å². The maximum absolute atomic E-state index is 14.7. The third-order valence-corrected chi connectivity index (χ3v) is 4.80. The molecule has 0 aromatic heterocycles. The summed E-state index contributed by atoms with van der Waals surface area (Å²) in [6, 6.07) is 11.6. The number of carbonyl (C=O) groups excluding carboxylic acids is 1. The van der Waals surface area contributed by atoms with Gasteiger partial charge in [0.15, 0.2) is 6.10 Å². The molecular weight excluding hydrogens is 383 g/mol. The molecule has 0 radical (unpaired) electrons. The number of nitrogens with one attached hydrogen (secondary N) is 1. The van der Waals surface area contributed by atoms with E-state index in [1.165, 1.54) is 6.07 Å². The standard InChI is InChI=1S/C21H24ClFN2O3/c1-13-11-25(12-14(2)27-13)19-9-8-16(10-18(19)23)24-21(26)15(3)28-20-7-5-4-6-17(20)22/h4-10,13-15H,11-12H2,1-3H3,(H,24,26). The van der Waals surface area contributed by atoms with Crippen LogP contribution in [0, 0.1) is 5.82 Å². The Morgan fingerprint density at radius 2 is 1.93 bits per heavy atom. The van der Waals surface area contributed by atoms with Gasteiger partial charge in [-0.25, -0.2) is 4.39 Å². The maximum atomic E-state index is 14.7. The normalized spacial score (nSPS) is 20.5. The highest BCUT2D eigenvalue weighted by molar-refractivity contribution is 6.32. The van der Waals surface area contributed by atoms with Gasteiger partial charge in [0.2, 0.25) is 0 Å². The first kappa shape index (κ1) is 20.4. The predicted molar refractivity (Wildman–Crippen MR) is 109 cm³/mol. The number of halogens is 2. The lowest BCUT2D eigenvalue weighted by Crippen LogP contribution is -2.45. The summed E-state index contributed by atoms with van der Waals surface area (Å²) >= 11 is 6.05. The number of anilines is 2. The molecule has 150 valence electrons. The Balaban J connectivity index is 1.65. The molecule has 1 aliphatic rings. The molecule has 1 aliphatic heterocycles. The summed E-state index contributed by atoms with van der Waals surface area (Å²) in [6.45, 7) is 6.79. The summed E-state index contributed by atoms with van der Waals surface area (Å²) in [5.41, 5.74) is 0.871. The second kappa shape index (κ2) is 8.80. The zero-order valence-corrected chi connectivity index (χ0v) is 16.9. The molecule has 3 rings (SSSR count). The first-order chi connectivity index (χ1) is 13.3. The number of carbonyl (C=O) groups is 1. The minimum Gasteiger partial charge on any atom is -0.479 e. The highest BCUT2D eigenvalue weighted by atomic mass is 35.5. The first-order valence-corrected chi connectivity index (χ1v) is 9.63. The fraction of sp³-hybridized carbons (Fsp3) is 0.381. The third kappa shape index (κ3) is 4.94. The van der Waals surface area contributed by atoms with E-state index in [1.54, 1.807) is 43.3 Å². The second-order valence-corrected chi connectivity index (χ2v) is 7.42. The van der Waals surface area contributed by atoms with E-state index in [-0.39, 0.29) is 18.1 Å². The van der Waals surface area contributed by atoms with Gasteiger partial charge in [0.1, 0.15) is 11.6 Å². The van der Waals surface area contributed by atoms with Crippen LogP contribution in [0.15, 0.2) is 42.5 Å². The van der Waals surface area contributed by atoms with Gasteiger partial charge in [-0.2, -0.15) is 0 Å². The number of hydrogen-bond donors (Lipinski definition) is 1. The average molecular weight is 407 g/mol. The molecule has 0 bridgehead atoms. The highest BCUT2D eigenvalue weighted by Gasteiger charge is 2.24. The number of rotatable bonds is 5. The van der Waals surface area contributed by atoms with Crippen LogP contribution in [0.3, 0.4) is 0 Å². The third-order valence-electron chi connectivity index (χ3n) is 4.49. The lowest BCUT2D eigenvalue weighted by molar-refractivity contribution is -0.122. The predicted octanol–water partition coefficient (Wildman–Crippen LogP) is 4.50. The van der Waals surface area contributed by atoms with Gasteiger partial charge in [0.25, 0.3) is 5.91 Å². The summed E-state index contributed by atoms with van der Waals surface area (Å²) in [4.78, 5) is 14.3. The Bertz CT molecular complexity index is 838. The Hall–Kier alpha value is -2.31. The lowest BCUT2D eigenvalue weighted by Gasteiger charge is -2.37. The molecule has 0 aliphatic carbocycles. The van der Waals surface area contributed by atoms with E-state index in [4.69, 9.17) is 21.1 Å². The van der Waals surface area contributed by atoms with E-state index in [9.17, 15) is 9.18 Å². The van der Waals surface area contributed by atoms with Crippen molar-refractivity contribution in [3.8, 4) is 5.75 Å². The highest BCUT2D eigenvalue weighted by Crippen LogP contribution is 2.27. The fourth-order valence-electron chi connectivity index (χ4n) is 3.24. The van der Waals surface area contributed by atoms with E-state index >= 15 is 0 Å². The Morgan fingerprint density at radius 1 is 1.25 bits per heavy atom. The summed E-state index contributed by atoms with van der Waals surface area (Å²) in [6.07, 6.45) is -0.723. The van der Waals surface area contributed by atoms with Crippen LogP contribution in [0.2, 0.25) is 5.02 Å². The molecular formula is C21H24ClFN2O3. The molecule has 7 heteroatoms. The van der Waals surface area contributed by atoms with Crippen molar-refractivity contribution >= 4 is 28.9 Å². The quantitative estimate of drug-likeness (QED) is 0.794. The van der Waals surface area contributed by atoms with Gasteiger partial charge < -0.3 is 19.7 Å². The molecule has 1 N–H and O–H groups in total. The van der Waals surface area contributed by atoms with Gasteiger partial charge in [0, 0.05) is 18.8 Å². The molecule has 1 saturated heterocycles. The van der Waals surface area contributed by atoms with Crippen LogP contribution in [0.1, 0.15) is 20.8 Å². The zero-order chi connectivity index (χ0) is 20.3. The summed E-state index contributed by atoms with van der Waals surface area (Å²) in [5.74, 6) is -0.358. The largest absolute Gasteiger partial charge is 0.479 e. The fourth-order valence-corrected chi connectivity index (χ4v) is 3.42. The molecule has 0 spiro atoms. The van der Waals surface area contributed by atoms with Crippen LogP contribution in [-0.4, -0.2) is 37.3 Å². The topological polar surface area (TPSA) is 50.8 Å². The Labute approximate surface area is 169 Å². The van der Waals surface area contributed by atoms with Gasteiger partial charge in [0.05, 0.1) is 22.9 Å². The lowest BCUT2D eigenvalue weighted by atomic mass is 10.1. The van der Waals surface area contributed by atoms with Crippen molar-refractivity contribution in [3.63, 3.8) is 0 Å². The molecule has 3 atom stereocenters. The number of hydrogen-bond acceptors (Lipinski definition) is 4. The van der Waals surface area contributed by atoms with Crippen LogP contribution in [0.4, 0.5) is 15.8 Å². The molecule has 1 fully saturated rings. The van der Waals surface area contributed by atoms with Gasteiger partial charge in [-0.05, 0) is 51.1 Å². The van der Waals surface area contributed by atoms with Crippen molar-refractivity contribution in [2.75, 3.05) is 23.3 Å². The van der Waals surface area contributed by atoms with Gasteiger partial charge in [-0.1, -0.05) is 23.7 Å². The average Bonchev–Trinajstić information content (AvgIpc) is 2.62. The van der Waals surface area contributed by atoms with E-state index in [2.05, 4.69) is 5.32 Å². The zero-order valence-electron chi connectivity index (χ0n) is 16.1.